The predicted octanol–water partition coefficient (Wildman–Crippen LogP) is 4.72. The summed E-state index contributed by atoms with van der Waals surface area (Å²) in [7, 11) is 1.82. The minimum absolute atomic E-state index is 0.171. The fraction of sp³-hybridized carbons (Fsp3) is 0.526. The summed E-state index contributed by atoms with van der Waals surface area (Å²) in [6.07, 6.45) is 3.27. The molecule has 8 heteroatoms. The van der Waals surface area contributed by atoms with Gasteiger partial charge in [-0.15, -0.1) is 0 Å². The SMILES string of the molecule is CN(C(=O)OC(C)(C)C)C1CCN(c2cnc3cc(Cl)c(I)cc3n2)CC1. The van der Waals surface area contributed by atoms with E-state index in [1.165, 1.54) is 0 Å². The first-order valence-electron chi connectivity index (χ1n) is 8.96. The number of piperidine rings is 1. The zero-order valence-corrected chi connectivity index (χ0v) is 18.9. The van der Waals surface area contributed by atoms with Crippen LogP contribution in [0.5, 0.6) is 0 Å². The second-order valence-electron chi connectivity index (χ2n) is 7.79. The van der Waals surface area contributed by atoms with Gasteiger partial charge < -0.3 is 14.5 Å². The van der Waals surface area contributed by atoms with Crippen molar-refractivity contribution in [2.45, 2.75) is 45.3 Å². The molecular weight excluding hydrogens is 479 g/mol. The number of amides is 1. The highest BCUT2D eigenvalue weighted by molar-refractivity contribution is 14.1. The highest BCUT2D eigenvalue weighted by atomic mass is 127. The second kappa shape index (κ2) is 7.95. The van der Waals surface area contributed by atoms with Crippen molar-refractivity contribution < 1.29 is 9.53 Å². The monoisotopic (exact) mass is 502 g/mol. The van der Waals surface area contributed by atoms with E-state index in [-0.39, 0.29) is 12.1 Å². The Labute approximate surface area is 178 Å². The number of hydrogen-bond donors (Lipinski definition) is 0. The Balaban J connectivity index is 1.66. The van der Waals surface area contributed by atoms with Crippen LogP contribution in [0.3, 0.4) is 0 Å². The van der Waals surface area contributed by atoms with Crippen molar-refractivity contribution in [1.82, 2.24) is 14.9 Å². The molecule has 0 atom stereocenters. The van der Waals surface area contributed by atoms with Crippen LogP contribution >= 0.6 is 34.2 Å². The number of anilines is 1. The van der Waals surface area contributed by atoms with Crippen LogP contribution in [0.4, 0.5) is 10.6 Å². The maximum atomic E-state index is 12.3. The maximum absolute atomic E-state index is 12.3. The fourth-order valence-corrected chi connectivity index (χ4v) is 3.72. The van der Waals surface area contributed by atoms with Crippen molar-refractivity contribution >= 4 is 57.1 Å². The lowest BCUT2D eigenvalue weighted by Gasteiger charge is -2.37. The lowest BCUT2D eigenvalue weighted by Crippen LogP contribution is -2.47. The summed E-state index contributed by atoms with van der Waals surface area (Å²) < 4.78 is 6.44. The number of benzene rings is 1. The molecule has 146 valence electrons. The van der Waals surface area contributed by atoms with Crippen molar-refractivity contribution in [2.24, 2.45) is 0 Å². The summed E-state index contributed by atoms with van der Waals surface area (Å²) in [5.74, 6) is 0.860. The number of halogens is 2. The molecule has 0 saturated carbocycles. The number of carbonyl (C=O) groups excluding carboxylic acids is 1. The molecule has 6 nitrogen and oxygen atoms in total. The maximum Gasteiger partial charge on any atom is 0.410 e. The lowest BCUT2D eigenvalue weighted by atomic mass is 10.0. The van der Waals surface area contributed by atoms with E-state index in [2.05, 4.69) is 32.5 Å². The number of fused-ring (bicyclic) bond motifs is 1. The van der Waals surface area contributed by atoms with E-state index in [0.29, 0.717) is 5.02 Å². The first kappa shape index (κ1) is 20.4. The molecule has 0 unspecified atom stereocenters. The van der Waals surface area contributed by atoms with Gasteiger partial charge in [0.15, 0.2) is 0 Å². The molecule has 0 bridgehead atoms. The summed E-state index contributed by atoms with van der Waals surface area (Å²) in [6.45, 7) is 7.29. The smallest absolute Gasteiger partial charge is 0.410 e. The summed E-state index contributed by atoms with van der Waals surface area (Å²) in [6, 6.07) is 3.97. The molecule has 0 N–H and O–H groups in total. The van der Waals surface area contributed by atoms with E-state index in [4.69, 9.17) is 21.3 Å². The molecule has 1 aliphatic rings. The van der Waals surface area contributed by atoms with Crippen LogP contribution in [0, 0.1) is 3.57 Å². The number of hydrogen-bond acceptors (Lipinski definition) is 5. The molecular formula is C19H24ClIN4O2. The summed E-state index contributed by atoms with van der Waals surface area (Å²) in [5.41, 5.74) is 1.16. The quantitative estimate of drug-likeness (QED) is 0.556. The lowest BCUT2D eigenvalue weighted by molar-refractivity contribution is 0.0201. The molecule has 2 aromatic rings. The highest BCUT2D eigenvalue weighted by Gasteiger charge is 2.29. The Bertz CT molecular complexity index is 847. The topological polar surface area (TPSA) is 58.6 Å². The normalized spacial score (nSPS) is 15.9. The van der Waals surface area contributed by atoms with Crippen LogP contribution in [-0.4, -0.2) is 52.7 Å². The second-order valence-corrected chi connectivity index (χ2v) is 9.36. The van der Waals surface area contributed by atoms with Gasteiger partial charge in [-0.05, 0) is 68.3 Å². The van der Waals surface area contributed by atoms with Crippen molar-refractivity contribution in [3.8, 4) is 0 Å². The molecule has 2 heterocycles. The summed E-state index contributed by atoms with van der Waals surface area (Å²) in [4.78, 5) is 25.5. The minimum Gasteiger partial charge on any atom is -0.444 e. The molecule has 0 spiro atoms. The highest BCUT2D eigenvalue weighted by Crippen LogP contribution is 2.26. The van der Waals surface area contributed by atoms with Gasteiger partial charge in [-0.2, -0.15) is 0 Å². The van der Waals surface area contributed by atoms with Crippen molar-refractivity contribution in [2.75, 3.05) is 25.0 Å². The number of ether oxygens (including phenoxy) is 1. The van der Waals surface area contributed by atoms with E-state index in [1.54, 1.807) is 11.1 Å². The fourth-order valence-electron chi connectivity index (χ4n) is 3.12. The Morgan fingerprint density at radius 3 is 2.59 bits per heavy atom. The Morgan fingerprint density at radius 1 is 1.30 bits per heavy atom. The zero-order chi connectivity index (χ0) is 19.8. The molecule has 1 aromatic heterocycles. The first-order chi connectivity index (χ1) is 12.6. The molecule has 3 rings (SSSR count). The Morgan fingerprint density at radius 2 is 1.96 bits per heavy atom. The van der Waals surface area contributed by atoms with Crippen LogP contribution in [0.25, 0.3) is 11.0 Å². The van der Waals surface area contributed by atoms with Crippen LogP contribution in [-0.2, 0) is 4.74 Å². The summed E-state index contributed by atoms with van der Waals surface area (Å²) in [5, 5.41) is 0.691. The molecule has 0 aliphatic carbocycles. The van der Waals surface area contributed by atoms with Gasteiger partial charge in [0.05, 0.1) is 22.3 Å². The van der Waals surface area contributed by atoms with Gasteiger partial charge in [-0.25, -0.2) is 9.78 Å². The molecule has 1 saturated heterocycles. The van der Waals surface area contributed by atoms with Crippen molar-refractivity contribution in [1.29, 1.82) is 0 Å². The minimum atomic E-state index is -0.479. The third kappa shape index (κ3) is 4.93. The van der Waals surface area contributed by atoms with E-state index in [1.807, 2.05) is 40.0 Å². The van der Waals surface area contributed by atoms with Gasteiger partial charge in [0, 0.05) is 29.7 Å². The van der Waals surface area contributed by atoms with E-state index >= 15 is 0 Å². The average Bonchev–Trinajstić information content (AvgIpc) is 2.60. The molecule has 1 aliphatic heterocycles. The van der Waals surface area contributed by atoms with Gasteiger partial charge in [0.2, 0.25) is 0 Å². The number of carbonyl (C=O) groups is 1. The third-order valence-electron chi connectivity index (χ3n) is 4.59. The largest absolute Gasteiger partial charge is 0.444 e. The average molecular weight is 503 g/mol. The summed E-state index contributed by atoms with van der Waals surface area (Å²) >= 11 is 8.36. The predicted molar refractivity (Wildman–Crippen MR) is 116 cm³/mol. The number of rotatable bonds is 2. The zero-order valence-electron chi connectivity index (χ0n) is 16.0. The first-order valence-corrected chi connectivity index (χ1v) is 10.4. The van der Waals surface area contributed by atoms with Crippen LogP contribution in [0.1, 0.15) is 33.6 Å². The number of nitrogens with zero attached hydrogens (tertiary/aromatic N) is 4. The molecule has 1 aromatic carbocycles. The van der Waals surface area contributed by atoms with Gasteiger partial charge in [0.1, 0.15) is 11.4 Å². The van der Waals surface area contributed by atoms with Gasteiger partial charge in [-0.1, -0.05) is 11.6 Å². The molecule has 1 amide bonds. The van der Waals surface area contributed by atoms with Crippen LogP contribution in [0.15, 0.2) is 18.3 Å². The Kier molecular flexibility index (Phi) is 6.00. The standard InChI is InChI=1S/C19H24ClIN4O2/c1-19(2,3)27-18(26)24(4)12-5-7-25(8-6-12)17-11-22-15-9-13(20)14(21)10-16(15)23-17/h9-12H,5-8H2,1-4H3. The Hall–Kier alpha value is -1.35. The molecule has 1 fully saturated rings. The van der Waals surface area contributed by atoms with Gasteiger partial charge in [-0.3, -0.25) is 4.98 Å². The van der Waals surface area contributed by atoms with Crippen LogP contribution in [0.2, 0.25) is 5.02 Å². The number of aromatic nitrogens is 2. The van der Waals surface area contributed by atoms with Gasteiger partial charge >= 0.3 is 6.09 Å². The molecule has 0 radical (unpaired) electrons. The van der Waals surface area contributed by atoms with Crippen molar-refractivity contribution in [3.05, 3.63) is 26.9 Å². The molecule has 27 heavy (non-hydrogen) atoms. The van der Waals surface area contributed by atoms with Crippen LogP contribution < -0.4 is 4.90 Å². The third-order valence-corrected chi connectivity index (χ3v) is 6.11. The van der Waals surface area contributed by atoms with E-state index in [9.17, 15) is 4.79 Å². The van der Waals surface area contributed by atoms with E-state index in [0.717, 1.165) is 46.4 Å². The van der Waals surface area contributed by atoms with Gasteiger partial charge in [0.25, 0.3) is 0 Å². The van der Waals surface area contributed by atoms with Crippen molar-refractivity contribution in [3.63, 3.8) is 0 Å². The van der Waals surface area contributed by atoms with E-state index < -0.39 is 5.60 Å².